The van der Waals surface area contributed by atoms with Gasteiger partial charge in [-0.2, -0.15) is 0 Å². The number of carboxylic acid groups (broad SMARTS) is 1. The van der Waals surface area contributed by atoms with E-state index in [-0.39, 0.29) is 17.6 Å². The third-order valence-corrected chi connectivity index (χ3v) is 3.83. The van der Waals surface area contributed by atoms with Crippen LogP contribution < -0.4 is 5.32 Å². The molecular weight excluding hydrogens is 270 g/mol. The van der Waals surface area contributed by atoms with Gasteiger partial charge in [0.05, 0.1) is 17.4 Å². The van der Waals surface area contributed by atoms with Crippen LogP contribution in [0.3, 0.4) is 0 Å². The zero-order valence-electron chi connectivity index (χ0n) is 12.4. The van der Waals surface area contributed by atoms with E-state index in [0.29, 0.717) is 30.2 Å². The quantitative estimate of drug-likeness (QED) is 0.845. The van der Waals surface area contributed by atoms with E-state index in [4.69, 9.17) is 4.74 Å². The molecule has 1 aromatic carbocycles. The van der Waals surface area contributed by atoms with Crippen LogP contribution >= 0.6 is 0 Å². The third-order valence-electron chi connectivity index (χ3n) is 3.83. The van der Waals surface area contributed by atoms with Crippen molar-refractivity contribution in [3.63, 3.8) is 0 Å². The molecule has 1 aromatic rings. The molecule has 0 aromatic heterocycles. The zero-order valence-corrected chi connectivity index (χ0v) is 12.4. The summed E-state index contributed by atoms with van der Waals surface area (Å²) in [5.41, 5.74) is 1.17. The van der Waals surface area contributed by atoms with E-state index in [1.165, 1.54) is 0 Å². The highest BCUT2D eigenvalue weighted by Crippen LogP contribution is 2.33. The normalized spacial score (nSPS) is 20.7. The lowest BCUT2D eigenvalue weighted by atomic mass is 9.80. The van der Waals surface area contributed by atoms with Crippen LogP contribution in [0.15, 0.2) is 18.2 Å². The van der Waals surface area contributed by atoms with Gasteiger partial charge >= 0.3 is 5.97 Å². The number of hydrogen-bond donors (Lipinski definition) is 2. The minimum atomic E-state index is -1.02. The van der Waals surface area contributed by atoms with Gasteiger partial charge in [-0.25, -0.2) is 4.79 Å². The minimum absolute atomic E-state index is 0.136. The van der Waals surface area contributed by atoms with Crippen LogP contribution in [0.4, 0.5) is 5.69 Å². The summed E-state index contributed by atoms with van der Waals surface area (Å²) in [5, 5.41) is 11.9. The third kappa shape index (κ3) is 3.82. The maximum Gasteiger partial charge on any atom is 0.338 e. The van der Waals surface area contributed by atoms with Gasteiger partial charge in [-0.05, 0) is 44.2 Å². The monoisotopic (exact) mass is 291 g/mol. The molecule has 0 unspecified atom stereocenters. The fourth-order valence-electron chi connectivity index (χ4n) is 2.73. The summed E-state index contributed by atoms with van der Waals surface area (Å²) in [5.74, 6) is -0.828. The van der Waals surface area contributed by atoms with E-state index in [2.05, 4.69) is 5.32 Å². The van der Waals surface area contributed by atoms with Gasteiger partial charge in [-0.15, -0.1) is 0 Å². The molecule has 0 radical (unpaired) electrons. The van der Waals surface area contributed by atoms with Crippen molar-refractivity contribution in [3.8, 4) is 0 Å². The van der Waals surface area contributed by atoms with Crippen LogP contribution in [0.1, 0.15) is 42.1 Å². The highest BCUT2D eigenvalue weighted by Gasteiger charge is 2.31. The number of anilines is 1. The first-order chi connectivity index (χ1) is 10.0. The maximum atomic E-state index is 12.0. The van der Waals surface area contributed by atoms with Crippen molar-refractivity contribution >= 4 is 17.6 Å². The second kappa shape index (κ2) is 6.72. The molecule has 1 aliphatic rings. The van der Waals surface area contributed by atoms with Crippen molar-refractivity contribution in [2.24, 2.45) is 5.92 Å². The fourth-order valence-corrected chi connectivity index (χ4v) is 2.73. The van der Waals surface area contributed by atoms with Crippen molar-refractivity contribution < 1.29 is 19.4 Å². The number of ether oxygens (including phenoxy) is 1. The molecule has 1 amide bonds. The average molecular weight is 291 g/mol. The van der Waals surface area contributed by atoms with Gasteiger partial charge < -0.3 is 15.2 Å². The molecule has 1 saturated carbocycles. The molecule has 0 saturated heterocycles. The Morgan fingerprint density at radius 2 is 2.10 bits per heavy atom. The van der Waals surface area contributed by atoms with Crippen LogP contribution in [-0.4, -0.2) is 29.7 Å². The number of aryl methyl sites for hydroxylation is 1. The summed E-state index contributed by atoms with van der Waals surface area (Å²) in [6.45, 7) is 4.39. The first-order valence-electron chi connectivity index (χ1n) is 7.25. The first-order valence-corrected chi connectivity index (χ1v) is 7.25. The Morgan fingerprint density at radius 3 is 2.71 bits per heavy atom. The van der Waals surface area contributed by atoms with Crippen LogP contribution in [0.25, 0.3) is 0 Å². The van der Waals surface area contributed by atoms with Crippen molar-refractivity contribution in [2.45, 2.75) is 39.2 Å². The largest absolute Gasteiger partial charge is 0.478 e. The van der Waals surface area contributed by atoms with Gasteiger partial charge in [0.2, 0.25) is 5.91 Å². The molecule has 2 N–H and O–H groups in total. The lowest BCUT2D eigenvalue weighted by Gasteiger charge is -2.34. The predicted octanol–water partition coefficient (Wildman–Crippen LogP) is 2.84. The molecule has 114 valence electrons. The van der Waals surface area contributed by atoms with E-state index in [0.717, 1.165) is 12.8 Å². The molecule has 0 heterocycles. The maximum absolute atomic E-state index is 12.0. The summed E-state index contributed by atoms with van der Waals surface area (Å²) in [6.07, 6.45) is 2.50. The molecule has 0 atom stereocenters. The van der Waals surface area contributed by atoms with Gasteiger partial charge in [0.15, 0.2) is 0 Å². The average Bonchev–Trinajstić information content (AvgIpc) is 2.35. The Morgan fingerprint density at radius 1 is 1.38 bits per heavy atom. The van der Waals surface area contributed by atoms with E-state index < -0.39 is 5.97 Å². The van der Waals surface area contributed by atoms with Crippen molar-refractivity contribution in [1.82, 2.24) is 0 Å². The highest BCUT2D eigenvalue weighted by atomic mass is 16.5. The molecule has 2 rings (SSSR count). The standard InChI is InChI=1S/C16H21NO4/c1-3-21-12-7-11(8-12)9-14(18)17-13-6-4-5-10(2)15(13)16(19)20/h4-6,11-12H,3,7-9H2,1-2H3,(H,17,18)(H,19,20). The van der Waals surface area contributed by atoms with E-state index in [9.17, 15) is 14.7 Å². The lowest BCUT2D eigenvalue weighted by molar-refractivity contribution is -0.119. The van der Waals surface area contributed by atoms with Crippen molar-refractivity contribution in [3.05, 3.63) is 29.3 Å². The van der Waals surface area contributed by atoms with Gasteiger partial charge in [-0.3, -0.25) is 4.79 Å². The molecule has 1 aliphatic carbocycles. The Bertz CT molecular complexity index is 535. The first kappa shape index (κ1) is 15.5. The van der Waals surface area contributed by atoms with E-state index >= 15 is 0 Å². The van der Waals surface area contributed by atoms with Crippen LogP contribution in [0.2, 0.25) is 0 Å². The van der Waals surface area contributed by atoms with Gasteiger partial charge in [0, 0.05) is 13.0 Å². The fraction of sp³-hybridized carbons (Fsp3) is 0.500. The number of carbonyl (C=O) groups excluding carboxylic acids is 1. The van der Waals surface area contributed by atoms with Crippen LogP contribution in [0, 0.1) is 12.8 Å². The molecule has 5 nitrogen and oxygen atoms in total. The molecule has 21 heavy (non-hydrogen) atoms. The lowest BCUT2D eigenvalue weighted by Crippen LogP contribution is -2.34. The van der Waals surface area contributed by atoms with E-state index in [1.807, 2.05) is 6.92 Å². The number of hydrogen-bond acceptors (Lipinski definition) is 3. The Labute approximate surface area is 124 Å². The summed E-state index contributed by atoms with van der Waals surface area (Å²) >= 11 is 0. The zero-order chi connectivity index (χ0) is 15.4. The number of carboxylic acids is 1. The Hall–Kier alpha value is -1.88. The second-order valence-corrected chi connectivity index (χ2v) is 5.47. The number of amides is 1. The number of carbonyl (C=O) groups is 2. The van der Waals surface area contributed by atoms with Gasteiger partial charge in [0.25, 0.3) is 0 Å². The summed E-state index contributed by atoms with van der Waals surface area (Å²) in [4.78, 5) is 23.3. The van der Waals surface area contributed by atoms with Gasteiger partial charge in [-0.1, -0.05) is 12.1 Å². The number of nitrogens with one attached hydrogen (secondary N) is 1. The van der Waals surface area contributed by atoms with E-state index in [1.54, 1.807) is 25.1 Å². The SMILES string of the molecule is CCOC1CC(CC(=O)Nc2cccc(C)c2C(=O)O)C1. The summed E-state index contributed by atoms with van der Waals surface area (Å²) in [6, 6.07) is 5.09. The molecule has 0 spiro atoms. The topological polar surface area (TPSA) is 75.6 Å². The summed E-state index contributed by atoms with van der Waals surface area (Å²) in [7, 11) is 0. The number of rotatable bonds is 6. The number of benzene rings is 1. The molecule has 1 fully saturated rings. The second-order valence-electron chi connectivity index (χ2n) is 5.47. The Balaban J connectivity index is 1.92. The molecular formula is C16H21NO4. The van der Waals surface area contributed by atoms with Crippen LogP contribution in [-0.2, 0) is 9.53 Å². The smallest absolute Gasteiger partial charge is 0.338 e. The minimum Gasteiger partial charge on any atom is -0.478 e. The molecule has 0 bridgehead atoms. The van der Waals surface area contributed by atoms with Crippen LogP contribution in [0.5, 0.6) is 0 Å². The Kier molecular flexibility index (Phi) is 4.96. The van der Waals surface area contributed by atoms with Gasteiger partial charge in [0.1, 0.15) is 0 Å². The molecule has 0 aliphatic heterocycles. The predicted molar refractivity (Wildman–Crippen MR) is 79.5 cm³/mol. The number of aromatic carboxylic acids is 1. The van der Waals surface area contributed by atoms with Crippen molar-refractivity contribution in [1.29, 1.82) is 0 Å². The summed E-state index contributed by atoms with van der Waals surface area (Å²) < 4.78 is 5.46. The van der Waals surface area contributed by atoms with Crippen molar-refractivity contribution in [2.75, 3.05) is 11.9 Å². The molecule has 5 heteroatoms. The highest BCUT2D eigenvalue weighted by molar-refractivity contribution is 6.01.